The first kappa shape index (κ1) is 20.5. The molecule has 0 saturated carbocycles. The van der Waals surface area contributed by atoms with Crippen LogP contribution in [0, 0.1) is 5.82 Å². The Labute approximate surface area is 176 Å². The standard InChI is InChI=1S/C22H30FN7/c1-21(2)10-16(11-22(3,4)30(21)6)26-19-17(23)13-24-20(28-19)27-15-8-7-14-12-25-29(5)18(14)9-15/h7-9,12-13,16H,10-11H2,1-6H3,(H2,24,26,27,28). The van der Waals surface area contributed by atoms with Gasteiger partial charge in [-0.2, -0.15) is 10.1 Å². The molecular weight excluding hydrogens is 381 g/mol. The molecule has 0 radical (unpaired) electrons. The van der Waals surface area contributed by atoms with Gasteiger partial charge in [0.2, 0.25) is 5.95 Å². The van der Waals surface area contributed by atoms with E-state index >= 15 is 0 Å². The van der Waals surface area contributed by atoms with Crippen molar-refractivity contribution >= 4 is 28.4 Å². The number of anilines is 3. The topological polar surface area (TPSA) is 70.9 Å². The van der Waals surface area contributed by atoms with Crippen molar-refractivity contribution in [2.45, 2.75) is 57.7 Å². The van der Waals surface area contributed by atoms with E-state index in [1.807, 2.05) is 36.1 Å². The Bertz CT molecular complexity index is 1050. The summed E-state index contributed by atoms with van der Waals surface area (Å²) in [6.07, 6.45) is 4.83. The Hall–Kier alpha value is -2.74. The van der Waals surface area contributed by atoms with E-state index < -0.39 is 5.82 Å². The van der Waals surface area contributed by atoms with Crippen molar-refractivity contribution in [3.8, 4) is 0 Å². The fraction of sp³-hybridized carbons (Fsp3) is 0.500. The van der Waals surface area contributed by atoms with Crippen LogP contribution in [0.4, 0.5) is 21.8 Å². The highest BCUT2D eigenvalue weighted by Crippen LogP contribution is 2.38. The van der Waals surface area contributed by atoms with Gasteiger partial charge in [0.05, 0.1) is 17.9 Å². The lowest BCUT2D eigenvalue weighted by Gasteiger charge is -2.53. The molecule has 2 N–H and O–H groups in total. The SMILES string of the molecule is CN1C(C)(C)CC(Nc2nc(Nc3ccc4cnn(C)c4c3)ncc2F)CC1(C)C. The molecule has 1 saturated heterocycles. The minimum atomic E-state index is -0.447. The van der Waals surface area contributed by atoms with Crippen LogP contribution in [0.2, 0.25) is 0 Å². The Morgan fingerprint density at radius 1 is 1.07 bits per heavy atom. The summed E-state index contributed by atoms with van der Waals surface area (Å²) in [5.74, 6) is 0.138. The molecule has 0 atom stereocenters. The van der Waals surface area contributed by atoms with Gasteiger partial charge in [0.25, 0.3) is 0 Å². The zero-order valence-electron chi connectivity index (χ0n) is 18.5. The zero-order chi connectivity index (χ0) is 21.7. The van der Waals surface area contributed by atoms with Gasteiger partial charge >= 0.3 is 0 Å². The van der Waals surface area contributed by atoms with Gasteiger partial charge in [0, 0.05) is 35.2 Å². The predicted molar refractivity (Wildman–Crippen MR) is 119 cm³/mol. The number of fused-ring (bicyclic) bond motifs is 1. The van der Waals surface area contributed by atoms with Crippen LogP contribution >= 0.6 is 0 Å². The quantitative estimate of drug-likeness (QED) is 0.667. The first-order valence-corrected chi connectivity index (χ1v) is 10.3. The maximum Gasteiger partial charge on any atom is 0.229 e. The number of piperidine rings is 1. The van der Waals surface area contributed by atoms with Gasteiger partial charge in [-0.1, -0.05) is 0 Å². The van der Waals surface area contributed by atoms with E-state index in [0.717, 1.165) is 29.4 Å². The average molecular weight is 412 g/mol. The van der Waals surface area contributed by atoms with Crippen LogP contribution in [0.25, 0.3) is 10.9 Å². The van der Waals surface area contributed by atoms with Crippen LogP contribution in [-0.4, -0.2) is 48.8 Å². The Morgan fingerprint density at radius 3 is 2.47 bits per heavy atom. The first-order chi connectivity index (χ1) is 14.0. The number of halogens is 1. The van der Waals surface area contributed by atoms with Gasteiger partial charge in [-0.3, -0.25) is 9.58 Å². The monoisotopic (exact) mass is 411 g/mol. The van der Waals surface area contributed by atoms with Crippen molar-refractivity contribution in [3.05, 3.63) is 36.4 Å². The van der Waals surface area contributed by atoms with Crippen LogP contribution in [0.1, 0.15) is 40.5 Å². The van der Waals surface area contributed by atoms with Gasteiger partial charge in [-0.15, -0.1) is 0 Å². The van der Waals surface area contributed by atoms with E-state index in [9.17, 15) is 4.39 Å². The highest BCUT2D eigenvalue weighted by Gasteiger charge is 2.43. The lowest BCUT2D eigenvalue weighted by molar-refractivity contribution is -0.00778. The van der Waals surface area contributed by atoms with Crippen molar-refractivity contribution < 1.29 is 4.39 Å². The molecule has 2 aromatic heterocycles. The van der Waals surface area contributed by atoms with Crippen LogP contribution < -0.4 is 10.6 Å². The number of hydrogen-bond donors (Lipinski definition) is 2. The first-order valence-electron chi connectivity index (χ1n) is 10.3. The Kier molecular flexibility index (Phi) is 4.92. The minimum Gasteiger partial charge on any atom is -0.365 e. The molecule has 0 amide bonds. The molecule has 8 heteroatoms. The molecule has 160 valence electrons. The number of rotatable bonds is 4. The van der Waals surface area contributed by atoms with E-state index in [2.05, 4.69) is 65.3 Å². The maximum absolute atomic E-state index is 14.5. The normalized spacial score (nSPS) is 19.2. The lowest BCUT2D eigenvalue weighted by Crippen LogP contribution is -2.61. The molecule has 0 spiro atoms. The van der Waals surface area contributed by atoms with E-state index in [0.29, 0.717) is 5.95 Å². The molecule has 1 fully saturated rings. The van der Waals surface area contributed by atoms with E-state index in [4.69, 9.17) is 0 Å². The van der Waals surface area contributed by atoms with Crippen molar-refractivity contribution in [1.29, 1.82) is 0 Å². The van der Waals surface area contributed by atoms with E-state index in [-0.39, 0.29) is 22.9 Å². The molecule has 3 heterocycles. The molecule has 1 aromatic carbocycles. The summed E-state index contributed by atoms with van der Waals surface area (Å²) in [5, 5.41) is 11.8. The third-order valence-corrected chi connectivity index (χ3v) is 6.40. The summed E-state index contributed by atoms with van der Waals surface area (Å²) in [5.41, 5.74) is 1.83. The van der Waals surface area contributed by atoms with Gasteiger partial charge < -0.3 is 10.6 Å². The second-order valence-corrected chi connectivity index (χ2v) is 9.49. The molecule has 0 unspecified atom stereocenters. The summed E-state index contributed by atoms with van der Waals surface area (Å²) >= 11 is 0. The van der Waals surface area contributed by atoms with Crippen molar-refractivity contribution in [2.24, 2.45) is 7.05 Å². The summed E-state index contributed by atoms with van der Waals surface area (Å²) in [6, 6.07) is 6.01. The fourth-order valence-corrected chi connectivity index (χ4v) is 4.55. The van der Waals surface area contributed by atoms with E-state index in [1.165, 1.54) is 6.20 Å². The fourth-order valence-electron chi connectivity index (χ4n) is 4.55. The molecule has 3 aromatic rings. The predicted octanol–water partition coefficient (Wildman–Crippen LogP) is 4.31. The highest BCUT2D eigenvalue weighted by atomic mass is 19.1. The number of aromatic nitrogens is 4. The molecule has 4 rings (SSSR count). The summed E-state index contributed by atoms with van der Waals surface area (Å²) in [7, 11) is 4.05. The van der Waals surface area contributed by atoms with Crippen LogP contribution in [-0.2, 0) is 7.05 Å². The number of hydrogen-bond acceptors (Lipinski definition) is 6. The smallest absolute Gasteiger partial charge is 0.229 e. The van der Waals surface area contributed by atoms with Crippen molar-refractivity contribution in [3.63, 3.8) is 0 Å². The van der Waals surface area contributed by atoms with Crippen LogP contribution in [0.15, 0.2) is 30.6 Å². The molecule has 30 heavy (non-hydrogen) atoms. The van der Waals surface area contributed by atoms with Crippen LogP contribution in [0.5, 0.6) is 0 Å². The third kappa shape index (κ3) is 3.84. The molecule has 7 nitrogen and oxygen atoms in total. The second-order valence-electron chi connectivity index (χ2n) is 9.49. The van der Waals surface area contributed by atoms with Gasteiger partial charge in [0.15, 0.2) is 11.6 Å². The second kappa shape index (κ2) is 7.19. The van der Waals surface area contributed by atoms with E-state index in [1.54, 1.807) is 0 Å². The highest BCUT2D eigenvalue weighted by molar-refractivity contribution is 5.82. The minimum absolute atomic E-state index is 0.00250. The Morgan fingerprint density at radius 2 is 1.77 bits per heavy atom. The van der Waals surface area contributed by atoms with Crippen molar-refractivity contribution in [2.75, 3.05) is 17.7 Å². The number of benzene rings is 1. The molecule has 1 aliphatic rings. The van der Waals surface area contributed by atoms with Gasteiger partial charge in [-0.05, 0) is 65.8 Å². The number of nitrogens with one attached hydrogen (secondary N) is 2. The number of nitrogens with zero attached hydrogens (tertiary/aromatic N) is 5. The average Bonchev–Trinajstić information content (AvgIpc) is 3.03. The number of likely N-dealkylation sites (tertiary alicyclic amines) is 1. The summed E-state index contributed by atoms with van der Waals surface area (Å²) in [4.78, 5) is 10.9. The van der Waals surface area contributed by atoms with Gasteiger partial charge in [-0.25, -0.2) is 9.37 Å². The van der Waals surface area contributed by atoms with Gasteiger partial charge in [0.1, 0.15) is 0 Å². The Balaban J connectivity index is 1.55. The lowest BCUT2D eigenvalue weighted by atomic mass is 9.77. The third-order valence-electron chi connectivity index (χ3n) is 6.40. The molecule has 1 aliphatic heterocycles. The summed E-state index contributed by atoms with van der Waals surface area (Å²) < 4.78 is 16.3. The summed E-state index contributed by atoms with van der Waals surface area (Å²) in [6.45, 7) is 8.89. The largest absolute Gasteiger partial charge is 0.365 e. The zero-order valence-corrected chi connectivity index (χ0v) is 18.5. The molecule has 0 bridgehead atoms. The molecular formula is C22H30FN7. The number of aryl methyl sites for hydroxylation is 1. The maximum atomic E-state index is 14.5. The molecule has 0 aliphatic carbocycles. The van der Waals surface area contributed by atoms with Crippen LogP contribution in [0.3, 0.4) is 0 Å². The van der Waals surface area contributed by atoms with Crippen molar-refractivity contribution in [1.82, 2.24) is 24.6 Å².